The second-order valence-corrected chi connectivity index (χ2v) is 4.73. The molecule has 1 amide bonds. The van der Waals surface area contributed by atoms with Crippen LogP contribution in [-0.4, -0.2) is 46.8 Å². The first kappa shape index (κ1) is 10.9. The molecule has 0 bridgehead atoms. The Hall–Kier alpha value is -0.630. The second kappa shape index (κ2) is 4.93. The zero-order chi connectivity index (χ0) is 10.7. The highest BCUT2D eigenvalue weighted by molar-refractivity contribution is 14.1. The third kappa shape index (κ3) is 2.91. The fraction of sp³-hybridized carbons (Fsp3) is 0.556. The first-order valence-electron chi connectivity index (χ1n) is 4.92. The van der Waals surface area contributed by atoms with Crippen molar-refractivity contribution in [3.63, 3.8) is 0 Å². The molecule has 6 heteroatoms. The summed E-state index contributed by atoms with van der Waals surface area (Å²) in [6.45, 7) is 3.74. The summed E-state index contributed by atoms with van der Waals surface area (Å²) in [6, 6.07) is 0. The number of hydrogen-bond acceptors (Lipinski definition) is 3. The minimum Gasteiger partial charge on any atom is -0.339 e. The van der Waals surface area contributed by atoms with Gasteiger partial charge in [0.2, 0.25) is 5.91 Å². The largest absolute Gasteiger partial charge is 0.339 e. The maximum absolute atomic E-state index is 11.8. The Morgan fingerprint density at radius 2 is 2.27 bits per heavy atom. The summed E-state index contributed by atoms with van der Waals surface area (Å²) in [6.07, 6.45) is 3.63. The van der Waals surface area contributed by atoms with Crippen LogP contribution in [0.3, 0.4) is 0 Å². The van der Waals surface area contributed by atoms with Gasteiger partial charge >= 0.3 is 0 Å². The smallest absolute Gasteiger partial charge is 0.244 e. The highest BCUT2D eigenvalue weighted by Gasteiger charge is 2.16. The molecule has 82 valence electrons. The van der Waals surface area contributed by atoms with Crippen molar-refractivity contribution < 1.29 is 4.79 Å². The summed E-state index contributed by atoms with van der Waals surface area (Å²) < 4.78 is 2.74. The average molecular weight is 320 g/mol. The molecular weight excluding hydrogens is 307 g/mol. The van der Waals surface area contributed by atoms with Crippen molar-refractivity contribution in [1.29, 1.82) is 0 Å². The van der Waals surface area contributed by atoms with Crippen LogP contribution in [0, 0.1) is 3.57 Å². The average Bonchev–Trinajstić information content (AvgIpc) is 2.65. The molecule has 1 saturated heterocycles. The summed E-state index contributed by atoms with van der Waals surface area (Å²) in [5.41, 5.74) is 0. The molecule has 1 aromatic heterocycles. The van der Waals surface area contributed by atoms with Crippen molar-refractivity contribution >= 4 is 28.5 Å². The third-order valence-corrected chi connectivity index (χ3v) is 2.93. The molecule has 5 nitrogen and oxygen atoms in total. The molecule has 1 N–H and O–H groups in total. The molecule has 1 aliphatic rings. The lowest BCUT2D eigenvalue weighted by molar-refractivity contribution is -0.132. The van der Waals surface area contributed by atoms with Gasteiger partial charge in [0.15, 0.2) is 0 Å². The minimum atomic E-state index is 0.149. The number of piperazine rings is 1. The molecule has 0 radical (unpaired) electrons. The van der Waals surface area contributed by atoms with Gasteiger partial charge in [-0.1, -0.05) is 0 Å². The van der Waals surface area contributed by atoms with Crippen LogP contribution in [-0.2, 0) is 11.3 Å². The molecule has 0 saturated carbocycles. The number of carbonyl (C=O) groups is 1. The van der Waals surface area contributed by atoms with Gasteiger partial charge in [0.1, 0.15) is 6.54 Å². The molecule has 2 heterocycles. The van der Waals surface area contributed by atoms with Gasteiger partial charge in [0.25, 0.3) is 0 Å². The van der Waals surface area contributed by atoms with Gasteiger partial charge in [-0.15, -0.1) is 0 Å². The van der Waals surface area contributed by atoms with Crippen LogP contribution in [0.5, 0.6) is 0 Å². The SMILES string of the molecule is O=C(Cn1cc(I)cn1)N1CCNCC1. The summed E-state index contributed by atoms with van der Waals surface area (Å²) in [5.74, 6) is 0.149. The number of amides is 1. The van der Waals surface area contributed by atoms with E-state index >= 15 is 0 Å². The maximum Gasteiger partial charge on any atom is 0.244 e. The predicted molar refractivity (Wildman–Crippen MR) is 64.4 cm³/mol. The number of carbonyl (C=O) groups excluding carboxylic acids is 1. The van der Waals surface area contributed by atoms with Crippen molar-refractivity contribution in [3.05, 3.63) is 16.0 Å². The number of nitrogens with one attached hydrogen (secondary N) is 1. The first-order valence-corrected chi connectivity index (χ1v) is 6.00. The molecule has 1 aliphatic heterocycles. The molecular formula is C9H13IN4O. The highest BCUT2D eigenvalue weighted by atomic mass is 127. The van der Waals surface area contributed by atoms with Crippen LogP contribution in [0.2, 0.25) is 0 Å². The van der Waals surface area contributed by atoms with E-state index in [1.807, 2.05) is 11.1 Å². The van der Waals surface area contributed by atoms with Crippen molar-refractivity contribution in [2.24, 2.45) is 0 Å². The lowest BCUT2D eigenvalue weighted by Gasteiger charge is -2.27. The van der Waals surface area contributed by atoms with Crippen molar-refractivity contribution in [2.45, 2.75) is 6.54 Å². The summed E-state index contributed by atoms with van der Waals surface area (Å²) in [5, 5.41) is 7.32. The Kier molecular flexibility index (Phi) is 3.57. The molecule has 0 aliphatic carbocycles. The van der Waals surface area contributed by atoms with Crippen LogP contribution in [0.1, 0.15) is 0 Å². The molecule has 0 aromatic carbocycles. The monoisotopic (exact) mass is 320 g/mol. The van der Waals surface area contributed by atoms with Gasteiger partial charge in [0.05, 0.1) is 9.77 Å². The standard InChI is InChI=1S/C9H13IN4O/c10-8-5-12-14(6-8)7-9(15)13-3-1-11-2-4-13/h5-6,11H,1-4,7H2. The fourth-order valence-electron chi connectivity index (χ4n) is 1.58. The quantitative estimate of drug-likeness (QED) is 0.776. The Morgan fingerprint density at radius 3 is 2.87 bits per heavy atom. The van der Waals surface area contributed by atoms with Gasteiger partial charge in [0, 0.05) is 32.4 Å². The van der Waals surface area contributed by atoms with Crippen LogP contribution in [0.15, 0.2) is 12.4 Å². The van der Waals surface area contributed by atoms with E-state index in [9.17, 15) is 4.79 Å². The zero-order valence-corrected chi connectivity index (χ0v) is 10.5. The molecule has 0 unspecified atom stereocenters. The van der Waals surface area contributed by atoms with Crippen LogP contribution in [0.25, 0.3) is 0 Å². The van der Waals surface area contributed by atoms with Crippen molar-refractivity contribution in [1.82, 2.24) is 20.0 Å². The molecule has 2 rings (SSSR count). The van der Waals surface area contributed by atoms with Gasteiger partial charge in [-0.05, 0) is 22.6 Å². The Morgan fingerprint density at radius 1 is 1.53 bits per heavy atom. The number of rotatable bonds is 2. The molecule has 0 spiro atoms. The highest BCUT2D eigenvalue weighted by Crippen LogP contribution is 2.02. The van der Waals surface area contributed by atoms with Crippen LogP contribution in [0.4, 0.5) is 0 Å². The van der Waals surface area contributed by atoms with Gasteiger partial charge < -0.3 is 10.2 Å². The van der Waals surface area contributed by atoms with E-state index in [4.69, 9.17) is 0 Å². The van der Waals surface area contributed by atoms with Crippen molar-refractivity contribution in [3.8, 4) is 0 Å². The van der Waals surface area contributed by atoms with Crippen LogP contribution >= 0.6 is 22.6 Å². The van der Waals surface area contributed by atoms with Crippen LogP contribution < -0.4 is 5.32 Å². The molecule has 1 aromatic rings. The normalized spacial score (nSPS) is 16.7. The predicted octanol–water partition coefficient (Wildman–Crippen LogP) is -0.0805. The Bertz CT molecular complexity index is 346. The lowest BCUT2D eigenvalue weighted by atomic mass is 10.3. The van der Waals surface area contributed by atoms with E-state index in [1.165, 1.54) is 0 Å². The minimum absolute atomic E-state index is 0.149. The van der Waals surface area contributed by atoms with Gasteiger partial charge in [-0.2, -0.15) is 5.10 Å². The Balaban J connectivity index is 1.91. The number of aromatic nitrogens is 2. The van der Waals surface area contributed by atoms with E-state index in [-0.39, 0.29) is 5.91 Å². The van der Waals surface area contributed by atoms with E-state index in [1.54, 1.807) is 10.9 Å². The molecule has 15 heavy (non-hydrogen) atoms. The summed E-state index contributed by atoms with van der Waals surface area (Å²) in [7, 11) is 0. The maximum atomic E-state index is 11.8. The Labute approximate surface area is 102 Å². The molecule has 0 atom stereocenters. The van der Waals surface area contributed by atoms with E-state index in [0.29, 0.717) is 6.54 Å². The van der Waals surface area contributed by atoms with Gasteiger partial charge in [-0.3, -0.25) is 9.48 Å². The second-order valence-electron chi connectivity index (χ2n) is 3.49. The van der Waals surface area contributed by atoms with Gasteiger partial charge in [-0.25, -0.2) is 0 Å². The third-order valence-electron chi connectivity index (χ3n) is 2.37. The summed E-state index contributed by atoms with van der Waals surface area (Å²) >= 11 is 2.18. The van der Waals surface area contributed by atoms with Crippen molar-refractivity contribution in [2.75, 3.05) is 26.2 Å². The summed E-state index contributed by atoms with van der Waals surface area (Å²) in [4.78, 5) is 13.7. The van der Waals surface area contributed by atoms with E-state index in [0.717, 1.165) is 29.7 Å². The first-order chi connectivity index (χ1) is 7.25. The van der Waals surface area contributed by atoms with E-state index in [2.05, 4.69) is 33.0 Å². The number of hydrogen-bond donors (Lipinski definition) is 1. The zero-order valence-electron chi connectivity index (χ0n) is 8.32. The fourth-order valence-corrected chi connectivity index (χ4v) is 2.02. The van der Waals surface area contributed by atoms with E-state index < -0.39 is 0 Å². The number of nitrogens with zero attached hydrogens (tertiary/aromatic N) is 3. The topological polar surface area (TPSA) is 50.2 Å². The lowest BCUT2D eigenvalue weighted by Crippen LogP contribution is -2.47. The number of halogens is 1. The molecule has 1 fully saturated rings.